The van der Waals surface area contributed by atoms with Crippen LogP contribution in [0.1, 0.15) is 368 Å². The molecule has 0 aromatic heterocycles. The van der Waals surface area contributed by atoms with E-state index in [1.165, 1.54) is 127 Å². The van der Waals surface area contributed by atoms with Crippen molar-refractivity contribution in [2.75, 3.05) is 20.1 Å². The minimum atomic E-state index is 0. The molecule has 1 heteroatoms. The van der Waals surface area contributed by atoms with E-state index in [4.69, 9.17) is 0 Å². The predicted molar refractivity (Wildman–Crippen MR) is 437 cm³/mol. The van der Waals surface area contributed by atoms with Crippen LogP contribution in [0.5, 0.6) is 0 Å². The Labute approximate surface area is 599 Å². The lowest BCUT2D eigenvalue weighted by atomic mass is 9.52. The normalized spacial score (nSPS) is 18.7. The number of nitrogens with zero attached hydrogens (tertiary/aromatic N) is 1. The van der Waals surface area contributed by atoms with Crippen molar-refractivity contribution in [1.29, 1.82) is 0 Å². The van der Waals surface area contributed by atoms with Gasteiger partial charge in [0.2, 0.25) is 0 Å². The highest BCUT2D eigenvalue weighted by Gasteiger charge is 2.49. The molecule has 1 aliphatic heterocycles. The molecule has 1 saturated heterocycles. The Morgan fingerprint density at radius 3 is 0.874 bits per heavy atom. The number of benzene rings is 4. The maximum absolute atomic E-state index is 2.41. The molecule has 0 amide bonds. The van der Waals surface area contributed by atoms with Gasteiger partial charge in [-0.1, -0.05) is 404 Å². The van der Waals surface area contributed by atoms with Crippen molar-refractivity contribution in [2.24, 2.45) is 70.9 Å². The summed E-state index contributed by atoms with van der Waals surface area (Å²) in [6.45, 7) is 77.2. The lowest BCUT2D eigenvalue weighted by molar-refractivity contribution is -0.0508. The molecule has 1 nitrogen and oxygen atoms in total. The molecule has 1 heterocycles. The largest absolute Gasteiger partial charge is 0.305 e. The Hall–Kier alpha value is -3.16. The van der Waals surface area contributed by atoms with E-state index < -0.39 is 0 Å². The van der Waals surface area contributed by atoms with E-state index in [-0.39, 0.29) is 22.3 Å². The van der Waals surface area contributed by atoms with Gasteiger partial charge in [-0.3, -0.25) is 0 Å². The first kappa shape index (κ1) is 93.9. The minimum Gasteiger partial charge on any atom is -0.305 e. The number of hydrogen-bond donors (Lipinski definition) is 0. The first-order valence-corrected chi connectivity index (χ1v) is 37.7. The summed E-state index contributed by atoms with van der Waals surface area (Å²) in [4.78, 5) is 2.38. The van der Waals surface area contributed by atoms with Gasteiger partial charge in [0.05, 0.1) is 0 Å². The van der Waals surface area contributed by atoms with Crippen LogP contribution in [-0.2, 0) is 17.3 Å². The summed E-state index contributed by atoms with van der Waals surface area (Å²) in [6, 6.07) is 43.9. The van der Waals surface area contributed by atoms with E-state index in [1.807, 2.05) is 0 Å². The van der Waals surface area contributed by atoms with Crippen LogP contribution in [0.3, 0.4) is 0 Å². The standard InChI is InChI=1S/2C15H22.C14H20.C13H20.C9H19N.C9H18.C9H20.C7H16.3CH4/c1-14(2,3)15(11-7-8-12-15)13-9-5-4-6-10-13;1-14(2,3)15(10-7-11-15)12-13-8-5-4-6-9-13;1-13(2,3)14(10-7-11-14)12-8-5-4-6-9-12;1-5-12(13(2,3)4)11-9-7-6-8-10-11;1-8(2,3)9(4)6-10(5)7-9;1-8(2,3)9(4)6-5-7-9;1-7-9(5,6)8(2,3)4;1-6(2)7(3,4)5;;;/h4-6,9-10H,7-8,11-12H2,1-3H3;4-6,8-9H,7,10-12H2,1-3H3;4-6,8-9H,7,10-11H2,1-3H3;6-10,12H,5H2,1-4H3;6-7H2,1-5H3;5-7H2,1-4H3;7H2,1-6H3;6H,1-5H3;3*1H4. The smallest absolute Gasteiger partial charge is 0.00498 e. The molecule has 4 saturated carbocycles. The third-order valence-electron chi connectivity index (χ3n) is 26.1. The minimum absolute atomic E-state index is 0. The van der Waals surface area contributed by atoms with Crippen molar-refractivity contribution in [1.82, 2.24) is 4.90 Å². The fraction of sp³-hybridized carbons (Fsp3) is 0.745. The first-order chi connectivity index (χ1) is 41.8. The van der Waals surface area contributed by atoms with Gasteiger partial charge in [-0.2, -0.15) is 0 Å². The van der Waals surface area contributed by atoms with E-state index in [9.17, 15) is 0 Å². The van der Waals surface area contributed by atoms with Crippen molar-refractivity contribution < 1.29 is 0 Å². The molecule has 1 atom stereocenters. The molecular weight excluding hydrogens is 1140 g/mol. The van der Waals surface area contributed by atoms with Crippen LogP contribution in [0, 0.1) is 70.9 Å². The topological polar surface area (TPSA) is 3.24 Å². The van der Waals surface area contributed by atoms with Crippen molar-refractivity contribution in [2.45, 2.75) is 363 Å². The fourth-order valence-corrected chi connectivity index (χ4v) is 14.4. The van der Waals surface area contributed by atoms with Gasteiger partial charge < -0.3 is 4.90 Å². The van der Waals surface area contributed by atoms with Crippen molar-refractivity contribution >= 4 is 0 Å². The van der Waals surface area contributed by atoms with Crippen LogP contribution >= 0.6 is 0 Å². The van der Waals surface area contributed by atoms with Crippen LogP contribution in [-0.4, -0.2) is 25.0 Å². The van der Waals surface area contributed by atoms with E-state index in [0.717, 1.165) is 5.92 Å². The molecule has 5 aliphatic rings. The second-order valence-corrected chi connectivity index (χ2v) is 39.9. The molecule has 0 N–H and O–H groups in total. The molecule has 4 aromatic carbocycles. The summed E-state index contributed by atoms with van der Waals surface area (Å²) >= 11 is 0. The molecular formula is C94H169N. The number of rotatable bonds is 7. The Morgan fingerprint density at radius 1 is 0.379 bits per heavy atom. The first-order valence-electron chi connectivity index (χ1n) is 37.7. The molecule has 95 heavy (non-hydrogen) atoms. The van der Waals surface area contributed by atoms with Gasteiger partial charge in [-0.25, -0.2) is 0 Å². The summed E-state index contributed by atoms with van der Waals surface area (Å²) in [5.74, 6) is 1.47. The van der Waals surface area contributed by atoms with Crippen molar-refractivity contribution in [3.05, 3.63) is 144 Å². The van der Waals surface area contributed by atoms with Crippen molar-refractivity contribution in [3.8, 4) is 0 Å². The summed E-state index contributed by atoms with van der Waals surface area (Å²) in [6.07, 6.45) is 21.9. The summed E-state index contributed by atoms with van der Waals surface area (Å²) in [5, 5.41) is 0. The van der Waals surface area contributed by atoms with Crippen LogP contribution in [0.15, 0.2) is 121 Å². The highest BCUT2D eigenvalue weighted by Crippen LogP contribution is 2.58. The summed E-state index contributed by atoms with van der Waals surface area (Å²) in [5.41, 5.74) is 12.7. The summed E-state index contributed by atoms with van der Waals surface area (Å²) < 4.78 is 0. The van der Waals surface area contributed by atoms with E-state index >= 15 is 0 Å². The number of hydrogen-bond acceptors (Lipinski definition) is 1. The average molecular weight is 1310 g/mol. The molecule has 5 fully saturated rings. The van der Waals surface area contributed by atoms with Gasteiger partial charge >= 0.3 is 0 Å². The van der Waals surface area contributed by atoms with Gasteiger partial charge in [-0.05, 0) is 170 Å². The van der Waals surface area contributed by atoms with Crippen LogP contribution in [0.4, 0.5) is 0 Å². The van der Waals surface area contributed by atoms with Crippen LogP contribution < -0.4 is 0 Å². The zero-order valence-corrected chi connectivity index (χ0v) is 67.9. The average Bonchev–Trinajstić information content (AvgIpc) is 0.956. The Morgan fingerprint density at radius 2 is 0.695 bits per heavy atom. The molecule has 0 radical (unpaired) electrons. The third kappa shape index (κ3) is 26.7. The lowest BCUT2D eigenvalue weighted by Gasteiger charge is -2.54. The second-order valence-electron chi connectivity index (χ2n) is 39.9. The molecule has 4 aromatic rings. The maximum atomic E-state index is 2.41. The van der Waals surface area contributed by atoms with E-state index in [1.54, 1.807) is 11.1 Å². The van der Waals surface area contributed by atoms with Crippen molar-refractivity contribution in [3.63, 3.8) is 0 Å². The van der Waals surface area contributed by atoms with Crippen LogP contribution in [0.25, 0.3) is 0 Å². The monoisotopic (exact) mass is 1310 g/mol. The summed E-state index contributed by atoms with van der Waals surface area (Å²) in [7, 11) is 2.19. The maximum Gasteiger partial charge on any atom is 0.00498 e. The quantitative estimate of drug-likeness (QED) is 0.178. The highest BCUT2D eigenvalue weighted by molar-refractivity contribution is 5.31. The van der Waals surface area contributed by atoms with Gasteiger partial charge in [0, 0.05) is 23.9 Å². The van der Waals surface area contributed by atoms with E-state index in [2.05, 4.69) is 355 Å². The fourth-order valence-electron chi connectivity index (χ4n) is 14.4. The molecule has 0 spiro atoms. The van der Waals surface area contributed by atoms with Gasteiger partial charge in [0.1, 0.15) is 0 Å². The Kier molecular flexibility index (Phi) is 37.1. The third-order valence-corrected chi connectivity index (χ3v) is 26.1. The van der Waals surface area contributed by atoms with E-state index in [0.29, 0.717) is 81.7 Å². The second kappa shape index (κ2) is 37.5. The van der Waals surface area contributed by atoms with Crippen LogP contribution in [0.2, 0.25) is 0 Å². The Bertz CT molecular complexity index is 2560. The molecule has 1 unspecified atom stereocenters. The predicted octanol–water partition coefficient (Wildman–Crippen LogP) is 30.6. The highest BCUT2D eigenvalue weighted by atomic mass is 15.2. The lowest BCUT2D eigenvalue weighted by Crippen LogP contribution is -2.58. The van der Waals surface area contributed by atoms with Gasteiger partial charge in [0.15, 0.2) is 0 Å². The number of likely N-dealkylation sites (tertiary alicyclic amines) is 1. The SMILES string of the molecule is C.C.C.CC(C)(C)C1(C)CCC1.CC(C)(C)C1(Cc2ccccc2)CCC1.CC(C)(C)C1(c2ccccc2)CCC1.CC(C)(C)C1(c2ccccc2)CCCC1.CC(C)C(C)(C)C.CCC(C)(C)C(C)(C)C.CCC(c1ccccc1)C(C)(C)C.CN1CC(C)(C(C)(C)C)C1. The van der Waals surface area contributed by atoms with Gasteiger partial charge in [-0.15, -0.1) is 0 Å². The zero-order chi connectivity index (χ0) is 70.9. The molecule has 4 aliphatic carbocycles. The molecule has 9 rings (SSSR count). The zero-order valence-electron chi connectivity index (χ0n) is 67.9. The molecule has 550 valence electrons. The van der Waals surface area contributed by atoms with Gasteiger partial charge in [0.25, 0.3) is 0 Å². The molecule has 0 bridgehead atoms. The Balaban J connectivity index is 0.